The second-order valence-electron chi connectivity index (χ2n) is 4.17. The lowest BCUT2D eigenvalue weighted by molar-refractivity contribution is 0.216. The van der Waals surface area contributed by atoms with Gasteiger partial charge < -0.3 is 15.0 Å². The monoisotopic (exact) mass is 278 g/mol. The minimum absolute atomic E-state index is 0.0845. The van der Waals surface area contributed by atoms with Gasteiger partial charge >= 0.3 is 0 Å². The second-order valence-corrected chi connectivity index (χ2v) is 6.32. The van der Waals surface area contributed by atoms with Gasteiger partial charge in [0.05, 0.1) is 5.70 Å². The first-order valence-corrected chi connectivity index (χ1v) is 7.85. The van der Waals surface area contributed by atoms with Gasteiger partial charge in [-0.15, -0.1) is 0 Å². The van der Waals surface area contributed by atoms with Crippen LogP contribution in [0.5, 0.6) is 0 Å². The van der Waals surface area contributed by atoms with Crippen LogP contribution in [0.3, 0.4) is 0 Å². The summed E-state index contributed by atoms with van der Waals surface area (Å²) in [7, 11) is 3.12. The van der Waals surface area contributed by atoms with Gasteiger partial charge in [-0.3, -0.25) is 0 Å². The Bertz CT molecular complexity index is 513. The van der Waals surface area contributed by atoms with Crippen LogP contribution in [0.2, 0.25) is 0 Å². The maximum absolute atomic E-state index is 11.9. The third kappa shape index (κ3) is 2.13. The molecule has 0 aromatic heterocycles. The molecule has 2 aliphatic rings. The van der Waals surface area contributed by atoms with E-state index in [0.29, 0.717) is 12.3 Å². The summed E-state index contributed by atoms with van der Waals surface area (Å²) in [6, 6.07) is 9.89. The average Bonchev–Trinajstić information content (AvgIpc) is 2.90. The van der Waals surface area contributed by atoms with Crippen molar-refractivity contribution in [2.75, 3.05) is 0 Å². The first kappa shape index (κ1) is 12.0. The Balaban J connectivity index is 1.74. The molecule has 1 aromatic rings. The van der Waals surface area contributed by atoms with Crippen LogP contribution in [0.15, 0.2) is 52.1 Å². The predicted molar refractivity (Wildman–Crippen MR) is 76.2 cm³/mol. The molecule has 0 N–H and O–H groups in total. The maximum Gasteiger partial charge on any atom is 0.188 e. The van der Waals surface area contributed by atoms with Gasteiger partial charge in [0.25, 0.3) is 0 Å². The highest BCUT2D eigenvalue weighted by Crippen LogP contribution is 2.54. The Kier molecular flexibility index (Phi) is 3.28. The highest BCUT2D eigenvalue weighted by atomic mass is 33.1. The van der Waals surface area contributed by atoms with E-state index in [2.05, 4.69) is 0 Å². The van der Waals surface area contributed by atoms with Crippen molar-refractivity contribution in [3.8, 4) is 0 Å². The van der Waals surface area contributed by atoms with Gasteiger partial charge in [-0.25, -0.2) is 0 Å². The van der Waals surface area contributed by atoms with Crippen LogP contribution in [-0.4, -0.2) is 11.1 Å². The fourth-order valence-corrected chi connectivity index (χ4v) is 4.28. The highest BCUT2D eigenvalue weighted by Gasteiger charge is 2.31. The van der Waals surface area contributed by atoms with Crippen molar-refractivity contribution in [1.29, 1.82) is 0 Å². The first-order valence-electron chi connectivity index (χ1n) is 5.70. The van der Waals surface area contributed by atoms with E-state index in [9.17, 15) is 5.21 Å². The van der Waals surface area contributed by atoms with Crippen molar-refractivity contribution < 1.29 is 4.74 Å². The number of hydrogen-bond acceptors (Lipinski definition) is 5. The molecule has 0 spiro atoms. The number of rotatable bonds is 3. The van der Waals surface area contributed by atoms with Gasteiger partial charge in [-0.05, 0) is 40.2 Å². The van der Waals surface area contributed by atoms with Crippen LogP contribution in [0.4, 0.5) is 0 Å². The molecule has 0 amide bonds. The summed E-state index contributed by atoms with van der Waals surface area (Å²) < 4.78 is 5.76. The molecular formula is C13H12NO2S2-. The SMILES string of the molecule is CC1C=C2SSC(OCc3ccccc3)=C2N1[O-]. The molecule has 0 fully saturated rings. The Morgan fingerprint density at radius 3 is 2.83 bits per heavy atom. The van der Waals surface area contributed by atoms with Gasteiger partial charge in [-0.1, -0.05) is 30.3 Å². The second kappa shape index (κ2) is 4.91. The van der Waals surface area contributed by atoms with Crippen LogP contribution in [0.25, 0.3) is 0 Å². The average molecular weight is 278 g/mol. The lowest BCUT2D eigenvalue weighted by Gasteiger charge is -2.31. The van der Waals surface area contributed by atoms with E-state index in [1.165, 1.54) is 10.8 Å². The molecule has 5 heteroatoms. The number of hydroxylamine groups is 2. The summed E-state index contributed by atoms with van der Waals surface area (Å²) in [6.07, 6.45) is 1.98. The molecule has 0 aliphatic carbocycles. The van der Waals surface area contributed by atoms with Crippen LogP contribution in [0.1, 0.15) is 12.5 Å². The van der Waals surface area contributed by atoms with Crippen molar-refractivity contribution in [3.05, 3.63) is 62.9 Å². The molecule has 0 bridgehead atoms. The fraction of sp³-hybridized carbons (Fsp3) is 0.231. The molecule has 1 aromatic carbocycles. The third-order valence-electron chi connectivity index (χ3n) is 2.83. The normalized spacial score (nSPS) is 22.2. The van der Waals surface area contributed by atoms with E-state index in [1.54, 1.807) is 10.8 Å². The zero-order valence-corrected chi connectivity index (χ0v) is 11.5. The van der Waals surface area contributed by atoms with Crippen LogP contribution >= 0.6 is 21.6 Å². The van der Waals surface area contributed by atoms with Crippen molar-refractivity contribution >= 4 is 21.6 Å². The quantitative estimate of drug-likeness (QED) is 0.785. The number of nitrogens with zero attached hydrogens (tertiary/aromatic N) is 1. The van der Waals surface area contributed by atoms with E-state index in [4.69, 9.17) is 4.74 Å². The molecule has 2 heterocycles. The smallest absolute Gasteiger partial charge is 0.188 e. The van der Waals surface area contributed by atoms with Crippen molar-refractivity contribution in [2.45, 2.75) is 19.6 Å². The zero-order chi connectivity index (χ0) is 12.5. The third-order valence-corrected chi connectivity index (χ3v) is 5.13. The minimum atomic E-state index is -0.0845. The Labute approximate surface area is 114 Å². The van der Waals surface area contributed by atoms with Gasteiger partial charge in [0.15, 0.2) is 5.09 Å². The molecule has 3 rings (SSSR count). The number of hydrogen-bond donors (Lipinski definition) is 0. The summed E-state index contributed by atoms with van der Waals surface area (Å²) in [5, 5.41) is 13.7. The largest absolute Gasteiger partial charge is 0.758 e. The van der Waals surface area contributed by atoms with E-state index in [1.807, 2.05) is 43.3 Å². The topological polar surface area (TPSA) is 35.5 Å². The molecule has 2 aliphatic heterocycles. The summed E-state index contributed by atoms with van der Waals surface area (Å²) in [5.74, 6) is 0. The molecule has 3 nitrogen and oxygen atoms in total. The van der Waals surface area contributed by atoms with Gasteiger partial charge in [-0.2, -0.15) is 0 Å². The van der Waals surface area contributed by atoms with Gasteiger partial charge in [0.1, 0.15) is 6.61 Å². The summed E-state index contributed by atoms with van der Waals surface area (Å²) in [6.45, 7) is 2.40. The van der Waals surface area contributed by atoms with Crippen LogP contribution < -0.4 is 0 Å². The fourth-order valence-electron chi connectivity index (χ4n) is 1.87. The lowest BCUT2D eigenvalue weighted by Crippen LogP contribution is -2.19. The van der Waals surface area contributed by atoms with Crippen molar-refractivity contribution in [3.63, 3.8) is 0 Å². The molecule has 0 radical (unpaired) electrons. The van der Waals surface area contributed by atoms with E-state index >= 15 is 0 Å². The number of ether oxygens (including phenoxy) is 1. The maximum atomic E-state index is 11.9. The van der Waals surface area contributed by atoms with E-state index < -0.39 is 0 Å². The predicted octanol–water partition coefficient (Wildman–Crippen LogP) is 3.85. The van der Waals surface area contributed by atoms with E-state index in [0.717, 1.165) is 20.6 Å². The molecule has 1 atom stereocenters. The molecule has 1 unspecified atom stereocenters. The highest BCUT2D eigenvalue weighted by molar-refractivity contribution is 8.80. The van der Waals surface area contributed by atoms with Crippen molar-refractivity contribution in [1.82, 2.24) is 5.06 Å². The van der Waals surface area contributed by atoms with Crippen LogP contribution in [-0.2, 0) is 11.3 Å². The first-order chi connectivity index (χ1) is 8.75. The molecule has 0 saturated heterocycles. The molecular weight excluding hydrogens is 266 g/mol. The zero-order valence-electron chi connectivity index (χ0n) is 9.83. The Morgan fingerprint density at radius 1 is 1.28 bits per heavy atom. The summed E-state index contributed by atoms with van der Waals surface area (Å²) in [4.78, 5) is 1.03. The Morgan fingerprint density at radius 2 is 2.06 bits per heavy atom. The summed E-state index contributed by atoms with van der Waals surface area (Å²) >= 11 is 0. The van der Waals surface area contributed by atoms with Crippen LogP contribution in [0, 0.1) is 5.21 Å². The summed E-state index contributed by atoms with van der Waals surface area (Å²) in [5.41, 5.74) is 1.81. The van der Waals surface area contributed by atoms with Gasteiger partial charge in [0, 0.05) is 10.9 Å². The number of fused-ring (bicyclic) bond motifs is 1. The Hall–Kier alpha value is -1.04. The lowest BCUT2D eigenvalue weighted by atomic mass is 10.2. The van der Waals surface area contributed by atoms with E-state index in [-0.39, 0.29) is 6.04 Å². The minimum Gasteiger partial charge on any atom is -0.758 e. The van der Waals surface area contributed by atoms with Crippen molar-refractivity contribution in [2.24, 2.45) is 0 Å². The molecule has 0 saturated carbocycles. The standard InChI is InChI=1S/C13H12NO2S2/c1-9-7-11-12(14(9)15)13(18-17-11)16-8-10-5-3-2-4-6-10/h2-7,9H,8H2,1H3/q-1. The molecule has 18 heavy (non-hydrogen) atoms. The molecule has 94 valence electrons. The number of benzene rings is 1. The van der Waals surface area contributed by atoms with Gasteiger partial charge in [0.2, 0.25) is 0 Å².